The molecule has 2 saturated heterocycles. The number of benzene rings is 1. The van der Waals surface area contributed by atoms with Crippen molar-refractivity contribution in [3.05, 3.63) is 29.8 Å². The monoisotopic (exact) mass is 358 g/mol. The second-order valence-corrected chi connectivity index (χ2v) is 9.73. The molecule has 1 unspecified atom stereocenters. The highest BCUT2D eigenvalue weighted by molar-refractivity contribution is 7.89. The Labute approximate surface area is 146 Å². The minimum atomic E-state index is -3.36. The molecule has 0 radical (unpaired) electrons. The Kier molecular flexibility index (Phi) is 5.17. The summed E-state index contributed by atoms with van der Waals surface area (Å²) in [5.74, 6) is 0. The van der Waals surface area contributed by atoms with Gasteiger partial charge >= 0.3 is 0 Å². The normalized spacial score (nSPS) is 25.7. The van der Waals surface area contributed by atoms with Crippen molar-refractivity contribution in [3.63, 3.8) is 0 Å². The van der Waals surface area contributed by atoms with Gasteiger partial charge in [-0.05, 0) is 47.9 Å². The standard InChI is InChI=1S/C17H26N2O2S.ClH/c1-16(2,3)14-4-6-15(7-5-14)22(20,21)19-11-9-17(13-19)8-10-18-12-17;/h4-7,18H,8-13H2,1-3H3;1H. The van der Waals surface area contributed by atoms with Crippen molar-refractivity contribution in [2.24, 2.45) is 5.41 Å². The third-order valence-electron chi connectivity index (χ3n) is 5.09. The van der Waals surface area contributed by atoms with E-state index in [1.165, 1.54) is 0 Å². The van der Waals surface area contributed by atoms with Crippen LogP contribution in [-0.4, -0.2) is 38.9 Å². The first-order valence-electron chi connectivity index (χ1n) is 8.05. The van der Waals surface area contributed by atoms with E-state index in [2.05, 4.69) is 26.1 Å². The van der Waals surface area contributed by atoms with E-state index in [0.29, 0.717) is 18.0 Å². The van der Waals surface area contributed by atoms with Gasteiger partial charge in [0.25, 0.3) is 0 Å². The Morgan fingerprint density at radius 3 is 2.30 bits per heavy atom. The van der Waals surface area contributed by atoms with Gasteiger partial charge in [-0.25, -0.2) is 8.42 Å². The average Bonchev–Trinajstić information content (AvgIpc) is 3.09. The van der Waals surface area contributed by atoms with Crippen LogP contribution in [0.4, 0.5) is 0 Å². The average molecular weight is 359 g/mol. The van der Waals surface area contributed by atoms with Crippen LogP contribution < -0.4 is 5.32 Å². The van der Waals surface area contributed by atoms with E-state index in [9.17, 15) is 8.42 Å². The Balaban J connectivity index is 0.00000192. The zero-order valence-corrected chi connectivity index (χ0v) is 15.8. The lowest BCUT2D eigenvalue weighted by molar-refractivity contribution is 0.338. The SMILES string of the molecule is CC(C)(C)c1ccc(S(=O)(=O)N2CCC3(CCNC3)C2)cc1.Cl. The van der Waals surface area contributed by atoms with Gasteiger partial charge in [0.15, 0.2) is 0 Å². The maximum Gasteiger partial charge on any atom is 0.243 e. The zero-order chi connectivity index (χ0) is 16.0. The Morgan fingerprint density at radius 2 is 1.78 bits per heavy atom. The van der Waals surface area contributed by atoms with Gasteiger partial charge in [-0.15, -0.1) is 12.4 Å². The second-order valence-electron chi connectivity index (χ2n) is 7.79. The van der Waals surface area contributed by atoms with E-state index >= 15 is 0 Å². The molecule has 1 aromatic rings. The molecule has 2 fully saturated rings. The highest BCUT2D eigenvalue weighted by Crippen LogP contribution is 2.38. The van der Waals surface area contributed by atoms with Gasteiger partial charge in [-0.1, -0.05) is 32.9 Å². The van der Waals surface area contributed by atoms with Crippen LogP contribution in [-0.2, 0) is 15.4 Å². The molecule has 1 aromatic carbocycles. The molecule has 0 bridgehead atoms. The quantitative estimate of drug-likeness (QED) is 0.884. The van der Waals surface area contributed by atoms with Gasteiger partial charge in [0, 0.05) is 19.6 Å². The van der Waals surface area contributed by atoms with E-state index in [4.69, 9.17) is 0 Å². The Hall–Kier alpha value is -0.620. The molecule has 4 nitrogen and oxygen atoms in total. The molecule has 6 heteroatoms. The first kappa shape index (κ1) is 18.7. The molecule has 3 rings (SSSR count). The predicted octanol–water partition coefficient (Wildman–Crippen LogP) is 2.78. The van der Waals surface area contributed by atoms with Crippen molar-refractivity contribution < 1.29 is 8.42 Å². The van der Waals surface area contributed by atoms with Crippen LogP contribution in [0.3, 0.4) is 0 Å². The molecule has 0 aliphatic carbocycles. The predicted molar refractivity (Wildman–Crippen MR) is 95.7 cm³/mol. The fourth-order valence-corrected chi connectivity index (χ4v) is 5.07. The van der Waals surface area contributed by atoms with Crippen molar-refractivity contribution >= 4 is 22.4 Å². The molecule has 1 N–H and O–H groups in total. The lowest BCUT2D eigenvalue weighted by Gasteiger charge is -2.23. The summed E-state index contributed by atoms with van der Waals surface area (Å²) in [5, 5.41) is 3.37. The molecule has 2 aliphatic heterocycles. The molecule has 0 saturated carbocycles. The van der Waals surface area contributed by atoms with E-state index in [1.807, 2.05) is 12.1 Å². The highest BCUT2D eigenvalue weighted by Gasteiger charge is 2.44. The van der Waals surface area contributed by atoms with Crippen molar-refractivity contribution in [1.82, 2.24) is 9.62 Å². The first-order chi connectivity index (χ1) is 10.2. The third kappa shape index (κ3) is 3.58. The Bertz CT molecular complexity index is 644. The minimum Gasteiger partial charge on any atom is -0.316 e. The zero-order valence-electron chi connectivity index (χ0n) is 14.1. The number of hydrogen-bond donors (Lipinski definition) is 1. The highest BCUT2D eigenvalue weighted by atomic mass is 35.5. The summed E-state index contributed by atoms with van der Waals surface area (Å²) >= 11 is 0. The van der Waals surface area contributed by atoms with Gasteiger partial charge in [0.05, 0.1) is 4.90 Å². The van der Waals surface area contributed by atoms with Crippen LogP contribution in [0.2, 0.25) is 0 Å². The van der Waals surface area contributed by atoms with Crippen LogP contribution in [0.5, 0.6) is 0 Å². The van der Waals surface area contributed by atoms with E-state index in [-0.39, 0.29) is 23.2 Å². The summed E-state index contributed by atoms with van der Waals surface area (Å²) in [6.07, 6.45) is 2.06. The van der Waals surface area contributed by atoms with E-state index in [0.717, 1.165) is 31.5 Å². The van der Waals surface area contributed by atoms with Gasteiger partial charge in [-0.3, -0.25) is 0 Å². The second kappa shape index (κ2) is 6.36. The number of nitrogens with one attached hydrogen (secondary N) is 1. The van der Waals surface area contributed by atoms with Gasteiger partial charge in [-0.2, -0.15) is 4.31 Å². The van der Waals surface area contributed by atoms with E-state index in [1.54, 1.807) is 16.4 Å². The number of halogens is 1. The molecule has 23 heavy (non-hydrogen) atoms. The fourth-order valence-electron chi connectivity index (χ4n) is 3.52. The minimum absolute atomic E-state index is 0. The molecular formula is C17H27ClN2O2S. The third-order valence-corrected chi connectivity index (χ3v) is 6.95. The van der Waals surface area contributed by atoms with Crippen LogP contribution in [0.25, 0.3) is 0 Å². The number of nitrogens with zero attached hydrogens (tertiary/aromatic N) is 1. The van der Waals surface area contributed by atoms with Crippen molar-refractivity contribution in [3.8, 4) is 0 Å². The number of hydrogen-bond acceptors (Lipinski definition) is 3. The summed E-state index contributed by atoms with van der Waals surface area (Å²) < 4.78 is 27.4. The summed E-state index contributed by atoms with van der Waals surface area (Å²) in [4.78, 5) is 0.420. The summed E-state index contributed by atoms with van der Waals surface area (Å²) in [6, 6.07) is 7.40. The number of rotatable bonds is 2. The van der Waals surface area contributed by atoms with Crippen molar-refractivity contribution in [2.45, 2.75) is 43.9 Å². The molecule has 1 atom stereocenters. The molecule has 130 valence electrons. The summed E-state index contributed by atoms with van der Waals surface area (Å²) in [6.45, 7) is 9.65. The van der Waals surface area contributed by atoms with Gasteiger partial charge in [0.2, 0.25) is 10.0 Å². The first-order valence-corrected chi connectivity index (χ1v) is 9.49. The molecule has 1 spiro atoms. The molecular weight excluding hydrogens is 332 g/mol. The smallest absolute Gasteiger partial charge is 0.243 e. The number of sulfonamides is 1. The maximum atomic E-state index is 12.8. The lowest BCUT2D eigenvalue weighted by atomic mass is 9.87. The summed E-state index contributed by atoms with van der Waals surface area (Å²) in [5.41, 5.74) is 1.36. The fraction of sp³-hybridized carbons (Fsp3) is 0.647. The van der Waals surface area contributed by atoms with Gasteiger partial charge in [0.1, 0.15) is 0 Å². The van der Waals surface area contributed by atoms with E-state index < -0.39 is 10.0 Å². The largest absolute Gasteiger partial charge is 0.316 e. The van der Waals surface area contributed by atoms with Crippen LogP contribution in [0, 0.1) is 5.41 Å². The maximum absolute atomic E-state index is 12.8. The van der Waals surface area contributed by atoms with Crippen LogP contribution in [0.15, 0.2) is 29.2 Å². The Morgan fingerprint density at radius 1 is 1.13 bits per heavy atom. The topological polar surface area (TPSA) is 49.4 Å². The van der Waals surface area contributed by atoms with Crippen LogP contribution in [0.1, 0.15) is 39.2 Å². The molecule has 0 aromatic heterocycles. The summed E-state index contributed by atoms with van der Waals surface area (Å²) in [7, 11) is -3.36. The lowest BCUT2D eigenvalue weighted by Crippen LogP contribution is -2.33. The van der Waals surface area contributed by atoms with Gasteiger partial charge < -0.3 is 5.32 Å². The van der Waals surface area contributed by atoms with Crippen LogP contribution >= 0.6 is 12.4 Å². The molecule has 2 heterocycles. The van der Waals surface area contributed by atoms with Crippen molar-refractivity contribution in [2.75, 3.05) is 26.2 Å². The molecule has 2 aliphatic rings. The molecule has 0 amide bonds. The van der Waals surface area contributed by atoms with Crippen molar-refractivity contribution in [1.29, 1.82) is 0 Å².